The molecule has 0 saturated carbocycles. The van der Waals surface area contributed by atoms with Gasteiger partial charge in [0.15, 0.2) is 5.17 Å². The summed E-state index contributed by atoms with van der Waals surface area (Å²) in [4.78, 5) is 4.61. The lowest BCUT2D eigenvalue weighted by molar-refractivity contribution is 0.446. The zero-order chi connectivity index (χ0) is 12.1. The summed E-state index contributed by atoms with van der Waals surface area (Å²) in [6.45, 7) is 6.26. The van der Waals surface area contributed by atoms with Crippen LogP contribution in [0.15, 0.2) is 23.5 Å². The highest BCUT2D eigenvalue weighted by molar-refractivity contribution is 8.13. The fourth-order valence-corrected chi connectivity index (χ4v) is 3.06. The van der Waals surface area contributed by atoms with Gasteiger partial charge < -0.3 is 5.32 Å². The molecule has 0 bridgehead atoms. The Morgan fingerprint density at radius 2 is 2.47 bits per heavy atom. The van der Waals surface area contributed by atoms with Crippen molar-refractivity contribution in [1.82, 2.24) is 15.1 Å². The molecule has 0 aliphatic carbocycles. The Morgan fingerprint density at radius 3 is 3.18 bits per heavy atom. The van der Waals surface area contributed by atoms with Gasteiger partial charge in [-0.1, -0.05) is 11.8 Å². The molecule has 94 valence electrons. The minimum Gasteiger partial charge on any atom is -0.360 e. The molecule has 0 radical (unpaired) electrons. The summed E-state index contributed by atoms with van der Waals surface area (Å²) in [5.74, 6) is 1.16. The average molecular weight is 252 g/mol. The first-order chi connectivity index (χ1) is 8.16. The standard InChI is InChI=1S/C12H20N4S/c1-12(2)5-10-17-11(15-12)13-6-3-8-16-9-4-7-14-16/h4,7,9H,3,5-6,8,10H2,1-2H3,(H,13,15). The van der Waals surface area contributed by atoms with E-state index in [-0.39, 0.29) is 5.54 Å². The van der Waals surface area contributed by atoms with Crippen LogP contribution in [0.2, 0.25) is 0 Å². The Hall–Kier alpha value is -0.970. The lowest BCUT2D eigenvalue weighted by Crippen LogP contribution is -2.46. The molecule has 0 unspecified atom stereocenters. The Bertz CT molecular complexity index is 370. The first kappa shape index (κ1) is 12.5. The molecule has 1 aromatic heterocycles. The molecular formula is C12H20N4S. The van der Waals surface area contributed by atoms with Crippen LogP contribution in [-0.2, 0) is 6.54 Å². The van der Waals surface area contributed by atoms with Crippen LogP contribution in [0.3, 0.4) is 0 Å². The average Bonchev–Trinajstić information content (AvgIpc) is 2.76. The Kier molecular flexibility index (Phi) is 4.10. The highest BCUT2D eigenvalue weighted by Crippen LogP contribution is 2.21. The predicted octanol–water partition coefficient (Wildman–Crippen LogP) is 2.13. The minimum absolute atomic E-state index is 0.200. The molecule has 0 aromatic carbocycles. The van der Waals surface area contributed by atoms with E-state index >= 15 is 0 Å². The first-order valence-corrected chi connectivity index (χ1v) is 7.07. The number of thioether (sulfide) groups is 1. The number of nitrogens with zero attached hydrogens (tertiary/aromatic N) is 3. The van der Waals surface area contributed by atoms with Gasteiger partial charge in [0.25, 0.3) is 0 Å². The number of rotatable bonds is 4. The number of aromatic nitrogens is 2. The summed E-state index contributed by atoms with van der Waals surface area (Å²) in [6, 6.07) is 1.95. The second-order valence-corrected chi connectivity index (χ2v) is 6.00. The van der Waals surface area contributed by atoms with Gasteiger partial charge in [0.05, 0.1) is 0 Å². The quantitative estimate of drug-likeness (QED) is 0.835. The van der Waals surface area contributed by atoms with Crippen LogP contribution in [-0.4, -0.2) is 32.8 Å². The van der Waals surface area contributed by atoms with Crippen molar-refractivity contribution in [2.75, 3.05) is 12.3 Å². The summed E-state index contributed by atoms with van der Waals surface area (Å²) in [5.41, 5.74) is 0.200. The van der Waals surface area contributed by atoms with Crippen LogP contribution < -0.4 is 5.32 Å². The largest absolute Gasteiger partial charge is 0.360 e. The number of nitrogens with one attached hydrogen (secondary N) is 1. The molecule has 2 rings (SSSR count). The van der Waals surface area contributed by atoms with E-state index in [0.717, 1.165) is 30.4 Å². The molecule has 1 aliphatic heterocycles. The maximum Gasteiger partial charge on any atom is 0.156 e. The van der Waals surface area contributed by atoms with Gasteiger partial charge in [-0.25, -0.2) is 0 Å². The monoisotopic (exact) mass is 252 g/mol. The smallest absolute Gasteiger partial charge is 0.156 e. The molecule has 2 heterocycles. The molecular weight excluding hydrogens is 232 g/mol. The highest BCUT2D eigenvalue weighted by Gasteiger charge is 2.23. The highest BCUT2D eigenvalue weighted by atomic mass is 32.2. The second kappa shape index (κ2) is 5.58. The zero-order valence-corrected chi connectivity index (χ0v) is 11.3. The fraction of sp³-hybridized carbons (Fsp3) is 0.667. The maximum absolute atomic E-state index is 4.61. The van der Waals surface area contributed by atoms with E-state index in [2.05, 4.69) is 29.3 Å². The van der Waals surface area contributed by atoms with Crippen molar-refractivity contribution in [2.45, 2.75) is 38.8 Å². The summed E-state index contributed by atoms with van der Waals surface area (Å²) in [7, 11) is 0. The summed E-state index contributed by atoms with van der Waals surface area (Å²) >= 11 is 1.83. The van der Waals surface area contributed by atoms with Gasteiger partial charge in [-0.2, -0.15) is 5.10 Å². The van der Waals surface area contributed by atoms with E-state index < -0.39 is 0 Å². The van der Waals surface area contributed by atoms with Crippen LogP contribution in [0.4, 0.5) is 0 Å². The van der Waals surface area contributed by atoms with Crippen LogP contribution >= 0.6 is 11.8 Å². The molecule has 0 spiro atoms. The number of aliphatic imine (C=N–C) groups is 1. The SMILES string of the molecule is CC1(C)CCSC(=NCCCn2cccn2)N1. The van der Waals surface area contributed by atoms with Gasteiger partial charge in [-0.05, 0) is 32.8 Å². The Morgan fingerprint density at radius 1 is 1.59 bits per heavy atom. The number of hydrogen-bond acceptors (Lipinski definition) is 3. The third-order valence-corrected chi connectivity index (χ3v) is 3.68. The van der Waals surface area contributed by atoms with Crippen LogP contribution in [0.5, 0.6) is 0 Å². The number of hydrogen-bond donors (Lipinski definition) is 1. The molecule has 1 fully saturated rings. The van der Waals surface area contributed by atoms with Gasteiger partial charge in [-0.3, -0.25) is 9.67 Å². The molecule has 17 heavy (non-hydrogen) atoms. The molecule has 0 amide bonds. The topological polar surface area (TPSA) is 42.2 Å². The number of amidine groups is 1. The lowest BCUT2D eigenvalue weighted by Gasteiger charge is -2.32. The third kappa shape index (κ3) is 4.07. The third-order valence-electron chi connectivity index (χ3n) is 2.77. The Balaban J connectivity index is 1.73. The van der Waals surface area contributed by atoms with Crippen molar-refractivity contribution < 1.29 is 0 Å². The normalized spacial score (nSPS) is 21.4. The van der Waals surface area contributed by atoms with Gasteiger partial charge in [0, 0.05) is 36.8 Å². The molecule has 5 heteroatoms. The van der Waals surface area contributed by atoms with Crippen molar-refractivity contribution in [3.05, 3.63) is 18.5 Å². The van der Waals surface area contributed by atoms with Gasteiger partial charge in [0.2, 0.25) is 0 Å². The van der Waals surface area contributed by atoms with Gasteiger partial charge in [0.1, 0.15) is 0 Å². The lowest BCUT2D eigenvalue weighted by atomic mass is 10.0. The maximum atomic E-state index is 4.61. The molecule has 1 saturated heterocycles. The van der Waals surface area contributed by atoms with Gasteiger partial charge >= 0.3 is 0 Å². The minimum atomic E-state index is 0.200. The molecule has 1 aliphatic rings. The van der Waals surface area contributed by atoms with Crippen LogP contribution in [0, 0.1) is 0 Å². The van der Waals surface area contributed by atoms with Crippen LogP contribution in [0.25, 0.3) is 0 Å². The first-order valence-electron chi connectivity index (χ1n) is 6.09. The summed E-state index contributed by atoms with van der Waals surface area (Å²) < 4.78 is 1.95. The van der Waals surface area contributed by atoms with E-state index in [1.54, 1.807) is 0 Å². The van der Waals surface area contributed by atoms with E-state index in [0.29, 0.717) is 0 Å². The molecule has 4 nitrogen and oxygen atoms in total. The molecule has 1 N–H and O–H groups in total. The Labute approximate surface area is 107 Å². The predicted molar refractivity (Wildman–Crippen MR) is 73.4 cm³/mol. The van der Waals surface area contributed by atoms with Crippen molar-refractivity contribution in [1.29, 1.82) is 0 Å². The van der Waals surface area contributed by atoms with Crippen LogP contribution in [0.1, 0.15) is 26.7 Å². The molecule has 1 aromatic rings. The van der Waals surface area contributed by atoms with Gasteiger partial charge in [-0.15, -0.1) is 0 Å². The van der Waals surface area contributed by atoms with E-state index in [9.17, 15) is 0 Å². The van der Waals surface area contributed by atoms with E-state index in [1.807, 2.05) is 34.9 Å². The van der Waals surface area contributed by atoms with Crippen molar-refractivity contribution >= 4 is 16.9 Å². The zero-order valence-electron chi connectivity index (χ0n) is 10.5. The van der Waals surface area contributed by atoms with Crippen molar-refractivity contribution in [2.24, 2.45) is 4.99 Å². The summed E-state index contributed by atoms with van der Waals surface area (Å²) in [6.07, 6.45) is 6.04. The second-order valence-electron chi connectivity index (χ2n) is 4.92. The van der Waals surface area contributed by atoms with Crippen molar-refractivity contribution in [3.8, 4) is 0 Å². The molecule has 0 atom stereocenters. The van der Waals surface area contributed by atoms with Crippen molar-refractivity contribution in [3.63, 3.8) is 0 Å². The van der Waals surface area contributed by atoms with E-state index in [4.69, 9.17) is 0 Å². The fourth-order valence-electron chi connectivity index (χ4n) is 1.72. The number of aryl methyl sites for hydroxylation is 1. The summed E-state index contributed by atoms with van der Waals surface area (Å²) in [5, 5.41) is 8.75. The van der Waals surface area contributed by atoms with E-state index in [1.165, 1.54) is 6.42 Å².